The van der Waals surface area contributed by atoms with Crippen LogP contribution in [0.2, 0.25) is 0 Å². The van der Waals surface area contributed by atoms with Crippen LogP contribution in [0.1, 0.15) is 13.8 Å². The first-order chi connectivity index (χ1) is 5.68. The molecule has 0 atom stereocenters. The molecule has 0 aromatic rings. The van der Waals surface area contributed by atoms with Gasteiger partial charge in [-0.2, -0.15) is 0 Å². The van der Waals surface area contributed by atoms with Crippen molar-refractivity contribution in [1.82, 2.24) is 0 Å². The van der Waals surface area contributed by atoms with E-state index in [0.717, 1.165) is 0 Å². The van der Waals surface area contributed by atoms with Crippen LogP contribution in [0.15, 0.2) is 0 Å². The smallest absolute Gasteiger partial charge is 0.300 e. The largest absolute Gasteiger partial charge is 0.406 e. The molecule has 0 rings (SSSR count). The highest BCUT2D eigenvalue weighted by Crippen LogP contribution is 2.46. The molecule has 0 aromatic carbocycles. The van der Waals surface area contributed by atoms with Crippen LogP contribution in [0, 0.1) is 10.9 Å². The predicted octanol–water partition coefficient (Wildman–Crippen LogP) is 2.53. The highest BCUT2D eigenvalue weighted by molar-refractivity contribution is 8.03. The maximum atomic E-state index is 11.5. The molecule has 0 saturated carbocycles. The summed E-state index contributed by atoms with van der Waals surface area (Å²) in [5, 5.41) is 2.61. The second-order valence-electron chi connectivity index (χ2n) is 1.75. The average molecular weight is 208 g/mol. The summed E-state index contributed by atoms with van der Waals surface area (Å²) in [6.07, 6.45) is 1.80. The molecule has 0 aliphatic heterocycles. The van der Waals surface area contributed by atoms with Crippen molar-refractivity contribution < 1.29 is 13.6 Å². The molecule has 5 heteroatoms. The highest BCUT2D eigenvalue weighted by Gasteiger charge is 2.19. The molecule has 0 aliphatic carbocycles. The summed E-state index contributed by atoms with van der Waals surface area (Å²) in [7, 11) is -3.12. The number of thioether (sulfide) groups is 1. The maximum absolute atomic E-state index is 11.5. The van der Waals surface area contributed by atoms with E-state index in [1.165, 1.54) is 11.8 Å². The monoisotopic (exact) mass is 208 g/mol. The van der Waals surface area contributed by atoms with Crippen LogP contribution in [-0.4, -0.2) is 19.5 Å². The Kier molecular flexibility index (Phi) is 6.60. The van der Waals surface area contributed by atoms with Gasteiger partial charge in [0.1, 0.15) is 0 Å². The van der Waals surface area contributed by atoms with E-state index in [1.807, 2.05) is 0 Å². The van der Waals surface area contributed by atoms with E-state index in [1.54, 1.807) is 20.1 Å². The molecule has 0 spiro atoms. The van der Waals surface area contributed by atoms with E-state index < -0.39 is 7.60 Å². The van der Waals surface area contributed by atoms with Gasteiger partial charge in [0.05, 0.1) is 13.2 Å². The third kappa shape index (κ3) is 4.84. The van der Waals surface area contributed by atoms with Crippen molar-refractivity contribution in [2.75, 3.05) is 19.5 Å². The van der Waals surface area contributed by atoms with Crippen molar-refractivity contribution in [2.24, 2.45) is 0 Å². The van der Waals surface area contributed by atoms with Gasteiger partial charge < -0.3 is 0 Å². The second-order valence-corrected chi connectivity index (χ2v) is 4.10. The van der Waals surface area contributed by atoms with E-state index in [4.69, 9.17) is 9.05 Å². The minimum absolute atomic E-state index is 0.348. The fourth-order valence-corrected chi connectivity index (χ4v) is 2.24. The average Bonchev–Trinajstić information content (AvgIpc) is 2.02. The third-order valence-electron chi connectivity index (χ3n) is 0.883. The lowest BCUT2D eigenvalue weighted by Gasteiger charge is -2.09. The Labute approximate surface area is 77.7 Å². The molecule has 0 radical (unpaired) electrons. The molecule has 0 N–H and O–H groups in total. The van der Waals surface area contributed by atoms with Gasteiger partial charge in [0.2, 0.25) is 0 Å². The lowest BCUT2D eigenvalue weighted by Crippen LogP contribution is -1.92. The normalized spacial score (nSPS) is 10.6. The van der Waals surface area contributed by atoms with Crippen molar-refractivity contribution in [3.8, 4) is 10.9 Å². The Morgan fingerprint density at radius 3 is 2.17 bits per heavy atom. The van der Waals surface area contributed by atoms with E-state index in [0.29, 0.717) is 13.2 Å². The topological polar surface area (TPSA) is 35.5 Å². The van der Waals surface area contributed by atoms with Crippen LogP contribution in [0.5, 0.6) is 0 Å². The molecule has 0 heterocycles. The quantitative estimate of drug-likeness (QED) is 0.525. The van der Waals surface area contributed by atoms with Crippen molar-refractivity contribution >= 4 is 19.4 Å². The summed E-state index contributed by atoms with van der Waals surface area (Å²) < 4.78 is 21.4. The number of hydrogen-bond acceptors (Lipinski definition) is 4. The zero-order valence-electron chi connectivity index (χ0n) is 7.49. The summed E-state index contributed by atoms with van der Waals surface area (Å²) in [5.74, 6) is 0. The van der Waals surface area contributed by atoms with Crippen molar-refractivity contribution in [3.05, 3.63) is 0 Å². The molecular weight excluding hydrogens is 195 g/mol. The molecule has 12 heavy (non-hydrogen) atoms. The summed E-state index contributed by atoms with van der Waals surface area (Å²) in [6, 6.07) is 0. The molecule has 3 nitrogen and oxygen atoms in total. The molecule has 0 fully saturated rings. The minimum Gasteiger partial charge on any atom is -0.300 e. The standard InChI is InChI=1S/C7H13O3PS/c1-4-9-11(8,10-5-2)6-7-12-3/h4-5H2,1-3H3. The van der Waals surface area contributed by atoms with Gasteiger partial charge in [-0.15, -0.1) is 0 Å². The fraction of sp³-hybridized carbons (Fsp3) is 0.714. The Hall–Kier alpha value is 0.0600. The van der Waals surface area contributed by atoms with Crippen molar-refractivity contribution in [2.45, 2.75) is 13.8 Å². The first kappa shape index (κ1) is 12.1. The van der Waals surface area contributed by atoms with Gasteiger partial charge >= 0.3 is 7.60 Å². The first-order valence-electron chi connectivity index (χ1n) is 3.63. The Bertz CT molecular complexity index is 208. The van der Waals surface area contributed by atoms with Crippen LogP contribution >= 0.6 is 19.4 Å². The fourth-order valence-electron chi connectivity index (χ4n) is 0.543. The van der Waals surface area contributed by atoms with Gasteiger partial charge in [-0.3, -0.25) is 9.05 Å². The van der Waals surface area contributed by atoms with E-state index in [9.17, 15) is 4.57 Å². The molecule has 70 valence electrons. The summed E-state index contributed by atoms with van der Waals surface area (Å²) in [5.41, 5.74) is 2.47. The lowest BCUT2D eigenvalue weighted by molar-refractivity contribution is 0.231. The zero-order valence-corrected chi connectivity index (χ0v) is 9.21. The lowest BCUT2D eigenvalue weighted by atomic mass is 10.9. The van der Waals surface area contributed by atoms with Crippen LogP contribution in [0.3, 0.4) is 0 Å². The molecular formula is C7H13O3PS. The highest BCUT2D eigenvalue weighted by atomic mass is 32.2. The number of hydrogen-bond donors (Lipinski definition) is 0. The summed E-state index contributed by atoms with van der Waals surface area (Å²) in [4.78, 5) is 0. The molecule has 0 bridgehead atoms. The van der Waals surface area contributed by atoms with Crippen molar-refractivity contribution in [1.29, 1.82) is 0 Å². The van der Waals surface area contributed by atoms with Gasteiger partial charge in [-0.1, -0.05) is 11.8 Å². The Morgan fingerprint density at radius 2 is 1.83 bits per heavy atom. The second kappa shape index (κ2) is 6.56. The summed E-state index contributed by atoms with van der Waals surface area (Å²) >= 11 is 1.29. The van der Waals surface area contributed by atoms with E-state index >= 15 is 0 Å². The van der Waals surface area contributed by atoms with Gasteiger partial charge in [0.15, 0.2) is 0 Å². The Morgan fingerprint density at radius 1 is 1.33 bits per heavy atom. The van der Waals surface area contributed by atoms with Gasteiger partial charge in [-0.25, -0.2) is 4.57 Å². The van der Waals surface area contributed by atoms with Crippen molar-refractivity contribution in [3.63, 3.8) is 0 Å². The SMILES string of the molecule is CCOP(=O)(C#CSC)OCC. The van der Waals surface area contributed by atoms with E-state index in [-0.39, 0.29) is 0 Å². The van der Waals surface area contributed by atoms with Crippen LogP contribution in [0.25, 0.3) is 0 Å². The van der Waals surface area contributed by atoms with Gasteiger partial charge in [0, 0.05) is 5.66 Å². The molecule has 0 saturated heterocycles. The van der Waals surface area contributed by atoms with Gasteiger partial charge in [0.25, 0.3) is 0 Å². The van der Waals surface area contributed by atoms with Crippen LogP contribution in [0.4, 0.5) is 0 Å². The molecule has 0 amide bonds. The molecule has 0 aliphatic rings. The number of rotatable bonds is 4. The van der Waals surface area contributed by atoms with Gasteiger partial charge in [-0.05, 0) is 25.4 Å². The zero-order chi connectivity index (χ0) is 9.45. The first-order valence-corrected chi connectivity index (χ1v) is 6.39. The van der Waals surface area contributed by atoms with Crippen LogP contribution in [-0.2, 0) is 13.6 Å². The maximum Gasteiger partial charge on any atom is 0.406 e. The van der Waals surface area contributed by atoms with E-state index in [2.05, 4.69) is 10.9 Å². The predicted molar refractivity (Wildman–Crippen MR) is 52.1 cm³/mol. The summed E-state index contributed by atoms with van der Waals surface area (Å²) in [6.45, 7) is 4.21. The third-order valence-corrected chi connectivity index (χ3v) is 2.92. The minimum atomic E-state index is -3.12. The molecule has 0 aromatic heterocycles. The Balaban J connectivity index is 4.28. The van der Waals surface area contributed by atoms with Crippen LogP contribution < -0.4 is 0 Å². The molecule has 0 unspecified atom stereocenters.